The molecule has 4 rings (SSSR count). The van der Waals surface area contributed by atoms with Gasteiger partial charge in [-0.25, -0.2) is 4.39 Å². The van der Waals surface area contributed by atoms with E-state index in [4.69, 9.17) is 0 Å². The van der Waals surface area contributed by atoms with Crippen LogP contribution in [0.5, 0.6) is 0 Å². The monoisotopic (exact) mass is 395 g/mol. The number of nitrogens with one attached hydrogen (secondary N) is 1. The van der Waals surface area contributed by atoms with Crippen molar-refractivity contribution in [3.8, 4) is 0 Å². The molecular weight excluding hydrogens is 369 g/mol. The van der Waals surface area contributed by atoms with Crippen LogP contribution < -0.4 is 5.32 Å². The van der Waals surface area contributed by atoms with E-state index in [-0.39, 0.29) is 36.1 Å². The van der Waals surface area contributed by atoms with Gasteiger partial charge < -0.3 is 10.2 Å². The Morgan fingerprint density at radius 2 is 2.07 bits per heavy atom. The number of nitrogens with zero attached hydrogens (tertiary/aromatic N) is 2. The summed E-state index contributed by atoms with van der Waals surface area (Å²) < 4.78 is 13.5. The number of carbonyl (C=O) groups excluding carboxylic acids is 2. The van der Waals surface area contributed by atoms with Gasteiger partial charge in [-0.15, -0.1) is 0 Å². The average Bonchev–Trinajstić information content (AvgIpc) is 2.97. The van der Waals surface area contributed by atoms with E-state index in [1.54, 1.807) is 24.5 Å². The number of benzene rings is 1. The molecule has 1 aromatic carbocycles. The van der Waals surface area contributed by atoms with Crippen LogP contribution in [0, 0.1) is 5.82 Å². The highest BCUT2D eigenvalue weighted by atomic mass is 19.1. The fourth-order valence-electron chi connectivity index (χ4n) is 4.84. The number of hydrogen-bond acceptors (Lipinski definition) is 3. The normalized spacial score (nSPS) is 27.0. The van der Waals surface area contributed by atoms with Gasteiger partial charge in [0.1, 0.15) is 5.82 Å². The second-order valence-corrected chi connectivity index (χ2v) is 8.34. The quantitative estimate of drug-likeness (QED) is 0.865. The molecule has 29 heavy (non-hydrogen) atoms. The molecule has 0 spiro atoms. The zero-order chi connectivity index (χ0) is 20.4. The summed E-state index contributed by atoms with van der Waals surface area (Å²) in [5.74, 6) is -0.252. The van der Waals surface area contributed by atoms with Crippen molar-refractivity contribution in [3.63, 3.8) is 0 Å². The lowest BCUT2D eigenvalue weighted by atomic mass is 9.85. The second-order valence-electron chi connectivity index (χ2n) is 8.34. The molecular formula is C23H26FN3O2. The van der Waals surface area contributed by atoms with Crippen LogP contribution in [0.25, 0.3) is 0 Å². The number of rotatable bonds is 3. The predicted molar refractivity (Wildman–Crippen MR) is 107 cm³/mol. The first kappa shape index (κ1) is 19.6. The van der Waals surface area contributed by atoms with Gasteiger partial charge in [-0.2, -0.15) is 0 Å². The lowest BCUT2D eigenvalue weighted by molar-refractivity contribution is -0.135. The largest absolute Gasteiger partial charge is 0.349 e. The standard InChI is InChI=1S/C23H26FN3O2/c1-23-14-19(17-8-10-18(24)11-9-17)27(20(23)6-2-3-7-21(28)26-23)22(29)13-16-5-4-12-25-15-16/h4-5,8-12,15,19-20H,2-3,6-7,13-14H2,1H3,(H,26,28)/t19-,20-,23-/m0/s1. The summed E-state index contributed by atoms with van der Waals surface area (Å²) in [6.07, 6.45) is 7.36. The van der Waals surface area contributed by atoms with Gasteiger partial charge >= 0.3 is 0 Å². The highest BCUT2D eigenvalue weighted by Crippen LogP contribution is 2.45. The molecule has 0 radical (unpaired) electrons. The van der Waals surface area contributed by atoms with Gasteiger partial charge in [-0.1, -0.05) is 24.6 Å². The third-order valence-corrected chi connectivity index (χ3v) is 6.20. The molecule has 3 heterocycles. The first-order chi connectivity index (χ1) is 14.0. The molecule has 2 aromatic rings. The summed E-state index contributed by atoms with van der Waals surface area (Å²) >= 11 is 0. The van der Waals surface area contributed by atoms with Crippen molar-refractivity contribution in [3.05, 3.63) is 65.7 Å². The number of aromatic nitrogens is 1. The van der Waals surface area contributed by atoms with E-state index in [0.717, 1.165) is 30.4 Å². The summed E-state index contributed by atoms with van der Waals surface area (Å²) in [5, 5.41) is 3.20. The number of amides is 2. The molecule has 6 heteroatoms. The number of likely N-dealkylation sites (tertiary alicyclic amines) is 1. The van der Waals surface area contributed by atoms with E-state index in [9.17, 15) is 14.0 Å². The minimum Gasteiger partial charge on any atom is -0.349 e. The third-order valence-electron chi connectivity index (χ3n) is 6.20. The van der Waals surface area contributed by atoms with Gasteiger partial charge in [0.25, 0.3) is 0 Å². The van der Waals surface area contributed by atoms with Crippen molar-refractivity contribution in [1.29, 1.82) is 0 Å². The molecule has 1 aromatic heterocycles. The van der Waals surface area contributed by atoms with E-state index in [1.807, 2.05) is 24.0 Å². The van der Waals surface area contributed by atoms with E-state index in [2.05, 4.69) is 10.3 Å². The van der Waals surface area contributed by atoms with E-state index < -0.39 is 5.54 Å². The average molecular weight is 395 g/mol. The molecule has 0 saturated carbocycles. The number of halogens is 1. The summed E-state index contributed by atoms with van der Waals surface area (Å²) in [4.78, 5) is 31.9. The molecule has 2 fully saturated rings. The highest BCUT2D eigenvalue weighted by molar-refractivity contribution is 5.81. The van der Waals surface area contributed by atoms with Crippen molar-refractivity contribution in [2.45, 2.75) is 63.1 Å². The minimum atomic E-state index is -0.499. The van der Waals surface area contributed by atoms with E-state index >= 15 is 0 Å². The molecule has 0 unspecified atom stereocenters. The second kappa shape index (κ2) is 7.93. The summed E-state index contributed by atoms with van der Waals surface area (Å²) in [7, 11) is 0. The fraction of sp³-hybridized carbons (Fsp3) is 0.435. The molecule has 2 aliphatic rings. The third kappa shape index (κ3) is 4.02. The topological polar surface area (TPSA) is 62.3 Å². The molecule has 1 N–H and O–H groups in total. The molecule has 2 aliphatic heterocycles. The van der Waals surface area contributed by atoms with Crippen LogP contribution in [0.1, 0.15) is 56.2 Å². The number of fused-ring (bicyclic) bond motifs is 1. The Kier molecular flexibility index (Phi) is 5.35. The van der Waals surface area contributed by atoms with Gasteiger partial charge in [-0.3, -0.25) is 14.6 Å². The lowest BCUT2D eigenvalue weighted by Gasteiger charge is -2.38. The lowest BCUT2D eigenvalue weighted by Crippen LogP contribution is -2.56. The first-order valence-electron chi connectivity index (χ1n) is 10.2. The van der Waals surface area contributed by atoms with Gasteiger partial charge in [0, 0.05) is 18.8 Å². The molecule has 3 atom stereocenters. The van der Waals surface area contributed by atoms with Crippen LogP contribution in [0.15, 0.2) is 48.8 Å². The number of hydrogen-bond donors (Lipinski definition) is 1. The Labute approximate surface area is 170 Å². The van der Waals surface area contributed by atoms with E-state index in [0.29, 0.717) is 12.8 Å². The van der Waals surface area contributed by atoms with E-state index in [1.165, 1.54) is 12.1 Å². The fourth-order valence-corrected chi connectivity index (χ4v) is 4.84. The molecule has 2 saturated heterocycles. The van der Waals surface area contributed by atoms with Crippen LogP contribution in [0.2, 0.25) is 0 Å². The maximum atomic E-state index is 13.5. The van der Waals surface area contributed by atoms with Crippen LogP contribution in [0.3, 0.4) is 0 Å². The first-order valence-corrected chi connectivity index (χ1v) is 10.2. The van der Waals surface area contributed by atoms with Crippen LogP contribution in [-0.2, 0) is 16.0 Å². The van der Waals surface area contributed by atoms with Crippen molar-refractivity contribution in [2.75, 3.05) is 0 Å². The maximum Gasteiger partial charge on any atom is 0.227 e. The summed E-state index contributed by atoms with van der Waals surface area (Å²) in [6, 6.07) is 9.78. The summed E-state index contributed by atoms with van der Waals surface area (Å²) in [6.45, 7) is 2.04. The van der Waals surface area contributed by atoms with Crippen molar-refractivity contribution >= 4 is 11.8 Å². The van der Waals surface area contributed by atoms with Crippen LogP contribution in [0.4, 0.5) is 4.39 Å². The van der Waals surface area contributed by atoms with Gasteiger partial charge in [0.2, 0.25) is 11.8 Å². The Bertz CT molecular complexity index is 887. The molecule has 0 bridgehead atoms. The predicted octanol–water partition coefficient (Wildman–Crippen LogP) is 3.55. The van der Waals surface area contributed by atoms with Crippen molar-refractivity contribution in [2.24, 2.45) is 0 Å². The zero-order valence-corrected chi connectivity index (χ0v) is 16.6. The van der Waals surface area contributed by atoms with Gasteiger partial charge in [-0.05, 0) is 55.5 Å². The smallest absolute Gasteiger partial charge is 0.227 e. The Balaban J connectivity index is 1.70. The zero-order valence-electron chi connectivity index (χ0n) is 16.6. The SMILES string of the molecule is C[C@]12C[C@@H](c3ccc(F)cc3)N(C(=O)Cc3cccnc3)[C@H]1CCCCC(=O)N2. The maximum absolute atomic E-state index is 13.5. The van der Waals surface area contributed by atoms with Crippen molar-refractivity contribution in [1.82, 2.24) is 15.2 Å². The van der Waals surface area contributed by atoms with Gasteiger partial charge in [0.05, 0.1) is 24.0 Å². The minimum absolute atomic E-state index is 0.0101. The number of carbonyl (C=O) groups is 2. The summed E-state index contributed by atoms with van der Waals surface area (Å²) in [5.41, 5.74) is 1.26. The Morgan fingerprint density at radius 1 is 1.28 bits per heavy atom. The van der Waals surface area contributed by atoms with Crippen molar-refractivity contribution < 1.29 is 14.0 Å². The van der Waals surface area contributed by atoms with Gasteiger partial charge in [0.15, 0.2) is 0 Å². The Morgan fingerprint density at radius 3 is 2.79 bits per heavy atom. The van der Waals surface area contributed by atoms with Crippen LogP contribution >= 0.6 is 0 Å². The number of pyridine rings is 1. The molecule has 5 nitrogen and oxygen atoms in total. The Hall–Kier alpha value is -2.76. The molecule has 2 amide bonds. The van der Waals surface area contributed by atoms with Crippen LogP contribution in [-0.4, -0.2) is 33.3 Å². The highest BCUT2D eigenvalue weighted by Gasteiger charge is 2.52. The molecule has 152 valence electrons. The molecule has 0 aliphatic carbocycles.